The quantitative estimate of drug-likeness (QED) is 0.177. The molecule has 49 heavy (non-hydrogen) atoms. The van der Waals surface area contributed by atoms with Crippen molar-refractivity contribution >= 4 is 33.1 Å². The van der Waals surface area contributed by atoms with Crippen molar-refractivity contribution in [3.05, 3.63) is 163 Å². The van der Waals surface area contributed by atoms with Gasteiger partial charge in [-0.3, -0.25) is 13.2 Å². The molecule has 0 N–H and O–H groups in total. The predicted octanol–water partition coefficient (Wildman–Crippen LogP) is 7.08. The minimum Gasteiger partial charge on any atom is -0.284 e. The van der Waals surface area contributed by atoms with Gasteiger partial charge in [0.1, 0.15) is 33.1 Å². The van der Waals surface area contributed by atoms with Crippen molar-refractivity contribution in [3.63, 3.8) is 0 Å². The molecule has 0 atom stereocenters. The minimum absolute atomic E-state index is 0. The minimum atomic E-state index is -0.319. The molecule has 0 unspecified atom stereocenters. The van der Waals surface area contributed by atoms with Crippen molar-refractivity contribution in [3.8, 4) is 17.1 Å². The molecule has 0 aliphatic rings. The van der Waals surface area contributed by atoms with Crippen LogP contribution >= 0.6 is 0 Å². The molecule has 9 aromatic rings. The number of nitrogens with zero attached hydrogens (tertiary/aromatic N) is 9. The van der Waals surface area contributed by atoms with Crippen LogP contribution in [0.5, 0.6) is 0 Å². The third-order valence-electron chi connectivity index (χ3n) is 6.78. The molecule has 9 rings (SSSR count). The first-order valence-corrected chi connectivity index (χ1v) is 14.5. The first-order valence-electron chi connectivity index (χ1n) is 14.5. The van der Waals surface area contributed by atoms with Gasteiger partial charge >= 0.3 is 20.1 Å². The van der Waals surface area contributed by atoms with E-state index < -0.39 is 0 Å². The Morgan fingerprint density at radius 3 is 0.755 bits per heavy atom. The van der Waals surface area contributed by atoms with E-state index >= 15 is 0 Å². The molecule has 0 amide bonds. The van der Waals surface area contributed by atoms with E-state index in [1.807, 2.05) is 72.8 Å². The molecular formula is C36H21F3IrN9. The SMILES string of the molecule is Fc1c[c-]c(-n2nc3ccccc3n2)cc1.Fc1c[c-]c(-n2nc3ccccc3n2)cc1.Fc1c[c-]c(-n2nc3ccccc3n2)cc1.[Ir+3]. The van der Waals surface area contributed by atoms with Crippen LogP contribution in [-0.4, -0.2) is 45.0 Å². The zero-order valence-corrected chi connectivity index (χ0v) is 27.5. The molecule has 13 heteroatoms. The van der Waals surface area contributed by atoms with Gasteiger partial charge in [-0.15, -0.1) is 54.6 Å². The van der Waals surface area contributed by atoms with Crippen LogP contribution < -0.4 is 0 Å². The van der Waals surface area contributed by atoms with E-state index in [1.54, 1.807) is 18.2 Å². The Bertz CT molecular complexity index is 2070. The van der Waals surface area contributed by atoms with Gasteiger partial charge in [0, 0.05) is 17.5 Å². The van der Waals surface area contributed by atoms with E-state index in [0.717, 1.165) is 33.1 Å². The maximum Gasteiger partial charge on any atom is 3.00 e. The molecule has 6 aromatic carbocycles. The van der Waals surface area contributed by atoms with Crippen molar-refractivity contribution in [1.82, 2.24) is 45.0 Å². The third kappa shape index (κ3) is 7.75. The van der Waals surface area contributed by atoms with Crippen molar-refractivity contribution in [2.45, 2.75) is 0 Å². The van der Waals surface area contributed by atoms with Crippen molar-refractivity contribution in [2.75, 3.05) is 0 Å². The molecule has 0 spiro atoms. The Morgan fingerprint density at radius 1 is 0.347 bits per heavy atom. The Balaban J connectivity index is 0.000000126. The maximum atomic E-state index is 12.7. The van der Waals surface area contributed by atoms with Crippen molar-refractivity contribution < 1.29 is 33.3 Å². The van der Waals surface area contributed by atoms with E-state index in [9.17, 15) is 13.2 Å². The van der Waals surface area contributed by atoms with Gasteiger partial charge in [0.05, 0.1) is 0 Å². The van der Waals surface area contributed by atoms with Crippen LogP contribution in [0.1, 0.15) is 0 Å². The molecule has 9 nitrogen and oxygen atoms in total. The van der Waals surface area contributed by atoms with Gasteiger partial charge in [-0.25, -0.2) is 0 Å². The Hall–Kier alpha value is -6.04. The number of halogens is 3. The largest absolute Gasteiger partial charge is 3.00 e. The number of fused-ring (bicyclic) bond motifs is 3. The second-order valence-corrected chi connectivity index (χ2v) is 10.1. The summed E-state index contributed by atoms with van der Waals surface area (Å²) in [5, 5.41) is 25.6. The van der Waals surface area contributed by atoms with E-state index in [1.165, 1.54) is 50.8 Å². The second-order valence-electron chi connectivity index (χ2n) is 10.1. The molecule has 3 heterocycles. The number of hydrogen-bond donors (Lipinski definition) is 0. The van der Waals surface area contributed by atoms with Crippen LogP contribution in [0, 0.1) is 35.7 Å². The standard InChI is InChI=1S/3C12H7FN3.Ir/c3*13-9-5-7-10(8-6-9)16-14-11-3-1-2-4-12(11)15-16;/h3*1-7H;/q3*-1;+3. The summed E-state index contributed by atoms with van der Waals surface area (Å²) < 4.78 is 38.2. The van der Waals surface area contributed by atoms with Gasteiger partial charge in [0.25, 0.3) is 0 Å². The third-order valence-corrected chi connectivity index (χ3v) is 6.78. The van der Waals surface area contributed by atoms with E-state index in [4.69, 9.17) is 0 Å². The van der Waals surface area contributed by atoms with Gasteiger partial charge in [0.15, 0.2) is 0 Å². The number of hydrogen-bond acceptors (Lipinski definition) is 6. The predicted molar refractivity (Wildman–Crippen MR) is 173 cm³/mol. The fourth-order valence-electron chi connectivity index (χ4n) is 4.47. The number of aromatic nitrogens is 9. The van der Waals surface area contributed by atoms with Gasteiger partial charge in [-0.05, 0) is 53.5 Å². The van der Waals surface area contributed by atoms with Crippen molar-refractivity contribution in [2.24, 2.45) is 0 Å². The van der Waals surface area contributed by atoms with Crippen LogP contribution in [0.3, 0.4) is 0 Å². The number of benzene rings is 6. The molecule has 0 saturated heterocycles. The molecule has 0 fully saturated rings. The van der Waals surface area contributed by atoms with E-state index in [-0.39, 0.29) is 37.6 Å². The van der Waals surface area contributed by atoms with E-state index in [2.05, 4.69) is 48.8 Å². The van der Waals surface area contributed by atoms with Crippen LogP contribution in [-0.2, 0) is 20.1 Å². The van der Waals surface area contributed by atoms with Gasteiger partial charge in [0.2, 0.25) is 0 Å². The van der Waals surface area contributed by atoms with Crippen LogP contribution in [0.15, 0.2) is 127 Å². The smallest absolute Gasteiger partial charge is 0.284 e. The molecule has 0 radical (unpaired) electrons. The van der Waals surface area contributed by atoms with Gasteiger partial charge in [-0.2, -0.15) is 63.2 Å². The topological polar surface area (TPSA) is 92.1 Å². The summed E-state index contributed by atoms with van der Waals surface area (Å²) in [5.41, 5.74) is 6.70. The summed E-state index contributed by atoms with van der Waals surface area (Å²) in [6.45, 7) is 0. The van der Waals surface area contributed by atoms with Crippen molar-refractivity contribution in [1.29, 1.82) is 0 Å². The molecule has 0 aliphatic carbocycles. The van der Waals surface area contributed by atoms with Crippen LogP contribution in [0.25, 0.3) is 50.2 Å². The molecule has 3 aromatic heterocycles. The van der Waals surface area contributed by atoms with E-state index in [0.29, 0.717) is 17.1 Å². The Kier molecular flexibility index (Phi) is 9.93. The Labute approximate surface area is 290 Å². The molecular weight excluding hydrogens is 808 g/mol. The Morgan fingerprint density at radius 2 is 0.571 bits per heavy atom. The fourth-order valence-corrected chi connectivity index (χ4v) is 4.47. The summed E-state index contributed by atoms with van der Waals surface area (Å²) >= 11 is 0. The monoisotopic (exact) mass is 829 g/mol. The summed E-state index contributed by atoms with van der Waals surface area (Å²) in [5.74, 6) is -0.957. The van der Waals surface area contributed by atoms with Gasteiger partial charge < -0.3 is 0 Å². The molecule has 240 valence electrons. The average molecular weight is 829 g/mol. The average Bonchev–Trinajstić information content (AvgIpc) is 3.87. The summed E-state index contributed by atoms with van der Waals surface area (Å²) in [6, 6.07) is 43.6. The van der Waals surface area contributed by atoms with Gasteiger partial charge in [-0.1, -0.05) is 36.4 Å². The van der Waals surface area contributed by atoms with Crippen LogP contribution in [0.4, 0.5) is 13.2 Å². The first kappa shape index (κ1) is 32.9. The molecule has 0 aliphatic heterocycles. The summed E-state index contributed by atoms with van der Waals surface area (Å²) in [7, 11) is 0. The number of rotatable bonds is 3. The van der Waals surface area contributed by atoms with Crippen LogP contribution in [0.2, 0.25) is 0 Å². The normalized spacial score (nSPS) is 10.6. The molecule has 0 saturated carbocycles. The first-order chi connectivity index (χ1) is 23.5. The zero-order valence-electron chi connectivity index (χ0n) is 25.1. The maximum absolute atomic E-state index is 12.7. The summed E-state index contributed by atoms with van der Waals surface area (Å²) in [6.07, 6.45) is 0. The second kappa shape index (κ2) is 14.8. The molecule has 0 bridgehead atoms. The zero-order chi connectivity index (χ0) is 32.9. The fraction of sp³-hybridized carbons (Fsp3) is 0. The summed E-state index contributed by atoms with van der Waals surface area (Å²) in [4.78, 5) is 4.35.